The van der Waals surface area contributed by atoms with Crippen molar-refractivity contribution in [2.45, 2.75) is 32.9 Å². The summed E-state index contributed by atoms with van der Waals surface area (Å²) in [7, 11) is 0. The molecule has 7 heteroatoms. The van der Waals surface area contributed by atoms with Gasteiger partial charge in [0.05, 0.1) is 5.56 Å². The number of hydrogen-bond acceptors (Lipinski definition) is 3. The highest BCUT2D eigenvalue weighted by Crippen LogP contribution is 2.30. The number of anilines is 2. The molecule has 0 saturated heterocycles. The lowest BCUT2D eigenvalue weighted by molar-refractivity contribution is -0.137. The van der Waals surface area contributed by atoms with Crippen LogP contribution in [0.2, 0.25) is 0 Å². The summed E-state index contributed by atoms with van der Waals surface area (Å²) < 4.78 is 38.5. The zero-order chi connectivity index (χ0) is 22.1. The highest BCUT2D eigenvalue weighted by molar-refractivity contribution is 6.09. The van der Waals surface area contributed by atoms with Gasteiger partial charge in [0, 0.05) is 24.5 Å². The van der Waals surface area contributed by atoms with Crippen LogP contribution in [0.3, 0.4) is 0 Å². The Hall–Kier alpha value is -3.27. The smallest absolute Gasteiger partial charge is 0.372 e. The lowest BCUT2D eigenvalue weighted by atomic mass is 10.1. The average Bonchev–Trinajstić information content (AvgIpc) is 2.72. The van der Waals surface area contributed by atoms with E-state index in [2.05, 4.69) is 24.1 Å². The lowest BCUT2D eigenvalue weighted by Gasteiger charge is -2.23. The summed E-state index contributed by atoms with van der Waals surface area (Å²) in [4.78, 5) is 14.6. The minimum Gasteiger partial charge on any atom is -0.372 e. The lowest BCUT2D eigenvalue weighted by Crippen LogP contribution is -2.24. The number of nitrogens with zero attached hydrogens (tertiary/aromatic N) is 2. The molecule has 1 N–H and O–H groups in total. The maximum Gasteiger partial charge on any atom is 0.416 e. The van der Waals surface area contributed by atoms with Gasteiger partial charge >= 0.3 is 6.18 Å². The van der Waals surface area contributed by atoms with E-state index < -0.39 is 17.6 Å². The number of halogens is 3. The summed E-state index contributed by atoms with van der Waals surface area (Å²) in [6.07, 6.45) is -1.05. The van der Waals surface area contributed by atoms with E-state index in [0.29, 0.717) is 5.56 Å². The quantitative estimate of drug-likeness (QED) is 0.433. The number of nitrogens with one attached hydrogen (secondary N) is 1. The van der Waals surface area contributed by atoms with Gasteiger partial charge in [-0.3, -0.25) is 4.79 Å². The topological polar surface area (TPSA) is 56.1 Å². The molecule has 0 bridgehead atoms. The van der Waals surface area contributed by atoms with Gasteiger partial charge in [-0.1, -0.05) is 32.0 Å². The molecule has 0 fully saturated rings. The summed E-state index contributed by atoms with van der Waals surface area (Å²) >= 11 is 0. The zero-order valence-corrected chi connectivity index (χ0v) is 17.0. The molecule has 0 saturated carbocycles. The molecule has 2 aromatic rings. The summed E-state index contributed by atoms with van der Waals surface area (Å²) in [5, 5.41) is 11.7. The van der Waals surface area contributed by atoms with Crippen LogP contribution in [-0.2, 0) is 11.0 Å². The van der Waals surface area contributed by atoms with Crippen LogP contribution >= 0.6 is 0 Å². The predicted octanol–water partition coefficient (Wildman–Crippen LogP) is 5.88. The first kappa shape index (κ1) is 23.0. The minimum atomic E-state index is -4.51. The molecule has 0 aliphatic carbocycles. The summed E-state index contributed by atoms with van der Waals surface area (Å²) in [6, 6.07) is 13.6. The van der Waals surface area contributed by atoms with Crippen molar-refractivity contribution in [3.8, 4) is 6.07 Å². The van der Waals surface area contributed by atoms with E-state index in [1.54, 1.807) is 0 Å². The average molecular weight is 415 g/mol. The number of carbonyl (C=O) groups excluding carboxylic acids is 1. The highest BCUT2D eigenvalue weighted by atomic mass is 19.4. The van der Waals surface area contributed by atoms with E-state index in [1.165, 1.54) is 18.2 Å². The molecule has 0 heterocycles. The standard InChI is InChI=1S/C23H24F3N3O/c1-3-12-29(13-4-2)21-10-8-17(9-11-21)14-18(16-27)22(30)28-20-7-5-6-19(15-20)23(24,25)26/h5-11,14-15H,3-4,12-13H2,1-2H3,(H,28,30)/b18-14+. The van der Waals surface area contributed by atoms with Crippen LogP contribution in [-0.4, -0.2) is 19.0 Å². The molecule has 2 rings (SSSR count). The Balaban J connectivity index is 2.17. The maximum absolute atomic E-state index is 12.8. The van der Waals surface area contributed by atoms with Crippen LogP contribution in [0, 0.1) is 11.3 Å². The third kappa shape index (κ3) is 6.38. The second kappa shape index (κ2) is 10.5. The Kier molecular flexibility index (Phi) is 8.05. The molecule has 30 heavy (non-hydrogen) atoms. The fourth-order valence-corrected chi connectivity index (χ4v) is 2.98. The Labute approximate surface area is 174 Å². The van der Waals surface area contributed by atoms with E-state index >= 15 is 0 Å². The predicted molar refractivity (Wildman–Crippen MR) is 113 cm³/mol. The largest absolute Gasteiger partial charge is 0.416 e. The van der Waals surface area contributed by atoms with Crippen molar-refractivity contribution in [2.75, 3.05) is 23.3 Å². The van der Waals surface area contributed by atoms with Gasteiger partial charge in [-0.15, -0.1) is 0 Å². The Morgan fingerprint density at radius 1 is 1.10 bits per heavy atom. The third-order valence-corrected chi connectivity index (χ3v) is 4.37. The Morgan fingerprint density at radius 3 is 2.27 bits per heavy atom. The fraction of sp³-hybridized carbons (Fsp3) is 0.304. The molecule has 0 aromatic heterocycles. The van der Waals surface area contributed by atoms with Gasteiger partial charge < -0.3 is 10.2 Å². The van der Waals surface area contributed by atoms with E-state index in [9.17, 15) is 23.2 Å². The highest BCUT2D eigenvalue weighted by Gasteiger charge is 2.30. The molecule has 0 radical (unpaired) electrons. The number of amides is 1. The molecule has 0 aliphatic heterocycles. The van der Waals surface area contributed by atoms with Crippen LogP contribution in [0.1, 0.15) is 37.8 Å². The van der Waals surface area contributed by atoms with Gasteiger partial charge in [-0.05, 0) is 54.8 Å². The van der Waals surface area contributed by atoms with Crippen molar-refractivity contribution in [1.82, 2.24) is 0 Å². The summed E-state index contributed by atoms with van der Waals surface area (Å²) in [6.45, 7) is 6.10. The van der Waals surface area contributed by atoms with Crippen molar-refractivity contribution in [2.24, 2.45) is 0 Å². The zero-order valence-electron chi connectivity index (χ0n) is 17.0. The molecule has 2 aromatic carbocycles. The number of benzene rings is 2. The van der Waals surface area contributed by atoms with Gasteiger partial charge in [0.2, 0.25) is 0 Å². The van der Waals surface area contributed by atoms with Crippen LogP contribution in [0.5, 0.6) is 0 Å². The van der Waals surface area contributed by atoms with Crippen molar-refractivity contribution in [3.63, 3.8) is 0 Å². The van der Waals surface area contributed by atoms with E-state index in [0.717, 1.165) is 43.8 Å². The first-order valence-electron chi connectivity index (χ1n) is 9.74. The Bertz CT molecular complexity index is 922. The van der Waals surface area contributed by atoms with Crippen molar-refractivity contribution in [3.05, 3.63) is 65.2 Å². The van der Waals surface area contributed by atoms with Crippen molar-refractivity contribution < 1.29 is 18.0 Å². The van der Waals surface area contributed by atoms with Crippen molar-refractivity contribution >= 4 is 23.4 Å². The molecular weight excluding hydrogens is 391 g/mol. The van der Waals surface area contributed by atoms with Gasteiger partial charge in [0.25, 0.3) is 5.91 Å². The Morgan fingerprint density at radius 2 is 1.73 bits per heavy atom. The molecule has 158 valence electrons. The molecular formula is C23H24F3N3O. The number of hydrogen-bond donors (Lipinski definition) is 1. The molecule has 1 amide bonds. The molecule has 4 nitrogen and oxygen atoms in total. The van der Waals surface area contributed by atoms with Crippen LogP contribution < -0.4 is 10.2 Å². The van der Waals surface area contributed by atoms with Gasteiger partial charge in [-0.2, -0.15) is 18.4 Å². The minimum absolute atomic E-state index is 0.0268. The van der Waals surface area contributed by atoms with Crippen LogP contribution in [0.25, 0.3) is 6.08 Å². The maximum atomic E-state index is 12.8. The molecule has 0 atom stereocenters. The molecule has 0 aliphatic rings. The third-order valence-electron chi connectivity index (χ3n) is 4.37. The summed E-state index contributed by atoms with van der Waals surface area (Å²) in [5.41, 5.74) is 0.618. The second-order valence-corrected chi connectivity index (χ2v) is 6.78. The molecule has 0 unspecified atom stereocenters. The second-order valence-electron chi connectivity index (χ2n) is 6.78. The SMILES string of the molecule is CCCN(CCC)c1ccc(/C=C(\C#N)C(=O)Nc2cccc(C(F)(F)F)c2)cc1. The van der Waals surface area contributed by atoms with Gasteiger partial charge in [-0.25, -0.2) is 0 Å². The fourth-order valence-electron chi connectivity index (χ4n) is 2.98. The molecule has 0 spiro atoms. The number of rotatable bonds is 8. The van der Waals surface area contributed by atoms with E-state index in [4.69, 9.17) is 0 Å². The number of alkyl halides is 3. The number of carbonyl (C=O) groups is 1. The summed E-state index contributed by atoms with van der Waals surface area (Å²) in [5.74, 6) is -0.764. The van der Waals surface area contributed by atoms with E-state index in [1.807, 2.05) is 30.3 Å². The van der Waals surface area contributed by atoms with Crippen molar-refractivity contribution in [1.29, 1.82) is 5.26 Å². The van der Waals surface area contributed by atoms with E-state index in [-0.39, 0.29) is 11.3 Å². The monoisotopic (exact) mass is 415 g/mol. The first-order chi connectivity index (χ1) is 14.3. The van der Waals surface area contributed by atoms with Gasteiger partial charge in [0.1, 0.15) is 11.6 Å². The van der Waals surface area contributed by atoms with Crippen LogP contribution in [0.4, 0.5) is 24.5 Å². The first-order valence-corrected chi connectivity index (χ1v) is 9.74. The normalized spacial score (nSPS) is 11.7. The van der Waals surface area contributed by atoms with Crippen LogP contribution in [0.15, 0.2) is 54.1 Å². The number of nitriles is 1. The van der Waals surface area contributed by atoms with Gasteiger partial charge in [0.15, 0.2) is 0 Å².